The molecule has 0 radical (unpaired) electrons. The molecule has 0 aromatic carbocycles. The summed E-state index contributed by atoms with van der Waals surface area (Å²) in [6.07, 6.45) is 4.18. The van der Waals surface area contributed by atoms with E-state index in [2.05, 4.69) is 15.3 Å². The molecule has 0 unspecified atom stereocenters. The fraction of sp³-hybridized carbons (Fsp3) is 0.692. The molecule has 5 heteroatoms. The minimum atomic E-state index is 0.613. The maximum atomic E-state index is 5.56. The second-order valence-corrected chi connectivity index (χ2v) is 4.53. The van der Waals surface area contributed by atoms with Crippen LogP contribution in [-0.2, 0) is 4.74 Å². The van der Waals surface area contributed by atoms with Crippen LogP contribution in [0, 0.1) is 12.8 Å². The molecular weight excluding hydrogens is 230 g/mol. The van der Waals surface area contributed by atoms with Gasteiger partial charge in [-0.1, -0.05) is 0 Å². The lowest BCUT2D eigenvalue weighted by Crippen LogP contribution is -2.13. The number of ether oxygens (including phenoxy) is 2. The van der Waals surface area contributed by atoms with Crippen molar-refractivity contribution in [1.29, 1.82) is 0 Å². The van der Waals surface area contributed by atoms with Crippen molar-refractivity contribution in [3.63, 3.8) is 0 Å². The SMILES string of the molecule is CCOc1ncnc(NCCOCC2CC2)c1C. The highest BCUT2D eigenvalue weighted by Gasteiger charge is 2.20. The van der Waals surface area contributed by atoms with E-state index in [1.54, 1.807) is 0 Å². The Morgan fingerprint density at radius 2 is 2.22 bits per heavy atom. The van der Waals surface area contributed by atoms with Crippen LogP contribution in [0.25, 0.3) is 0 Å². The normalized spacial score (nSPS) is 14.6. The summed E-state index contributed by atoms with van der Waals surface area (Å²) < 4.78 is 11.0. The lowest BCUT2D eigenvalue weighted by atomic mass is 10.3. The van der Waals surface area contributed by atoms with Gasteiger partial charge in [-0.05, 0) is 32.6 Å². The zero-order valence-corrected chi connectivity index (χ0v) is 11.1. The number of aromatic nitrogens is 2. The monoisotopic (exact) mass is 251 g/mol. The van der Waals surface area contributed by atoms with Gasteiger partial charge in [-0.2, -0.15) is 0 Å². The summed E-state index contributed by atoms with van der Waals surface area (Å²) in [6, 6.07) is 0. The quantitative estimate of drug-likeness (QED) is 0.716. The highest BCUT2D eigenvalue weighted by atomic mass is 16.5. The second kappa shape index (κ2) is 6.54. The van der Waals surface area contributed by atoms with Crippen molar-refractivity contribution in [2.24, 2.45) is 5.92 Å². The van der Waals surface area contributed by atoms with Crippen LogP contribution in [0.3, 0.4) is 0 Å². The Balaban J connectivity index is 1.75. The van der Waals surface area contributed by atoms with Crippen LogP contribution in [-0.4, -0.2) is 36.3 Å². The third-order valence-electron chi connectivity index (χ3n) is 2.91. The van der Waals surface area contributed by atoms with Crippen molar-refractivity contribution in [3.8, 4) is 5.88 Å². The molecule has 1 fully saturated rings. The first-order chi connectivity index (χ1) is 8.81. The average molecular weight is 251 g/mol. The molecule has 0 aliphatic heterocycles. The molecule has 1 aliphatic rings. The third-order valence-corrected chi connectivity index (χ3v) is 2.91. The van der Waals surface area contributed by atoms with Gasteiger partial charge < -0.3 is 14.8 Å². The van der Waals surface area contributed by atoms with E-state index in [-0.39, 0.29) is 0 Å². The van der Waals surface area contributed by atoms with Gasteiger partial charge in [0.1, 0.15) is 12.1 Å². The zero-order chi connectivity index (χ0) is 12.8. The first kappa shape index (κ1) is 13.1. The molecule has 18 heavy (non-hydrogen) atoms. The predicted octanol–water partition coefficient (Wildman–Crippen LogP) is 2.02. The lowest BCUT2D eigenvalue weighted by Gasteiger charge is -2.11. The van der Waals surface area contributed by atoms with Gasteiger partial charge >= 0.3 is 0 Å². The first-order valence-electron chi connectivity index (χ1n) is 6.57. The minimum Gasteiger partial charge on any atom is -0.478 e. The number of hydrogen-bond donors (Lipinski definition) is 1. The predicted molar refractivity (Wildman–Crippen MR) is 70.0 cm³/mol. The van der Waals surface area contributed by atoms with Crippen LogP contribution in [0.15, 0.2) is 6.33 Å². The van der Waals surface area contributed by atoms with Gasteiger partial charge in [-0.3, -0.25) is 0 Å². The standard InChI is InChI=1S/C13H21N3O2/c1-3-18-13-10(2)12(15-9-16-13)14-6-7-17-8-11-4-5-11/h9,11H,3-8H2,1-2H3,(H,14,15,16). The number of anilines is 1. The van der Waals surface area contributed by atoms with E-state index < -0.39 is 0 Å². The molecule has 0 amide bonds. The van der Waals surface area contributed by atoms with E-state index in [1.807, 2.05) is 13.8 Å². The van der Waals surface area contributed by atoms with Gasteiger partial charge in [-0.25, -0.2) is 9.97 Å². The maximum absolute atomic E-state index is 5.56. The summed E-state index contributed by atoms with van der Waals surface area (Å²) in [6.45, 7) is 6.88. The topological polar surface area (TPSA) is 56.3 Å². The number of rotatable bonds is 8. The Bertz CT molecular complexity index is 380. The molecule has 1 aliphatic carbocycles. The maximum Gasteiger partial charge on any atom is 0.221 e. The molecule has 100 valence electrons. The van der Waals surface area contributed by atoms with Crippen LogP contribution in [0.4, 0.5) is 5.82 Å². The molecule has 1 saturated carbocycles. The van der Waals surface area contributed by atoms with Gasteiger partial charge in [0.15, 0.2) is 0 Å². The summed E-state index contributed by atoms with van der Waals surface area (Å²) in [5.74, 6) is 2.28. The minimum absolute atomic E-state index is 0.613. The van der Waals surface area contributed by atoms with Gasteiger partial charge in [0.2, 0.25) is 5.88 Å². The molecule has 0 atom stereocenters. The first-order valence-corrected chi connectivity index (χ1v) is 6.57. The molecule has 1 heterocycles. The van der Waals surface area contributed by atoms with Gasteiger partial charge in [0.25, 0.3) is 0 Å². The van der Waals surface area contributed by atoms with E-state index >= 15 is 0 Å². The number of nitrogens with zero attached hydrogens (tertiary/aromatic N) is 2. The van der Waals surface area contributed by atoms with Crippen LogP contribution in [0.1, 0.15) is 25.3 Å². The molecule has 2 rings (SSSR count). The molecule has 0 saturated heterocycles. The van der Waals surface area contributed by atoms with Crippen LogP contribution in [0.5, 0.6) is 5.88 Å². The van der Waals surface area contributed by atoms with Crippen molar-refractivity contribution in [1.82, 2.24) is 9.97 Å². The Labute approximate surface area is 108 Å². The summed E-state index contributed by atoms with van der Waals surface area (Å²) in [7, 11) is 0. The lowest BCUT2D eigenvalue weighted by molar-refractivity contribution is 0.134. The second-order valence-electron chi connectivity index (χ2n) is 4.53. The average Bonchev–Trinajstić information content (AvgIpc) is 3.17. The fourth-order valence-electron chi connectivity index (χ4n) is 1.67. The van der Waals surface area contributed by atoms with Gasteiger partial charge in [0.05, 0.1) is 18.8 Å². The van der Waals surface area contributed by atoms with Crippen molar-refractivity contribution >= 4 is 5.82 Å². The molecule has 1 N–H and O–H groups in total. The van der Waals surface area contributed by atoms with Gasteiger partial charge in [-0.15, -0.1) is 0 Å². The van der Waals surface area contributed by atoms with Crippen molar-refractivity contribution in [2.45, 2.75) is 26.7 Å². The Kier molecular flexibility index (Phi) is 4.75. The fourth-order valence-corrected chi connectivity index (χ4v) is 1.67. The van der Waals surface area contributed by atoms with Crippen LogP contribution < -0.4 is 10.1 Å². The van der Waals surface area contributed by atoms with Crippen molar-refractivity contribution in [2.75, 3.05) is 31.7 Å². The van der Waals surface area contributed by atoms with E-state index in [9.17, 15) is 0 Å². The zero-order valence-electron chi connectivity index (χ0n) is 11.1. The molecule has 0 spiro atoms. The van der Waals surface area contributed by atoms with E-state index in [0.717, 1.165) is 30.5 Å². The van der Waals surface area contributed by atoms with Crippen LogP contribution >= 0.6 is 0 Å². The van der Waals surface area contributed by atoms with E-state index in [4.69, 9.17) is 9.47 Å². The number of nitrogens with one attached hydrogen (secondary N) is 1. The summed E-state index contributed by atoms with van der Waals surface area (Å²) in [5.41, 5.74) is 0.946. The number of hydrogen-bond acceptors (Lipinski definition) is 5. The largest absolute Gasteiger partial charge is 0.478 e. The Hall–Kier alpha value is -1.36. The Morgan fingerprint density at radius 3 is 2.94 bits per heavy atom. The van der Waals surface area contributed by atoms with Crippen LogP contribution in [0.2, 0.25) is 0 Å². The van der Waals surface area contributed by atoms with E-state index in [0.29, 0.717) is 19.1 Å². The van der Waals surface area contributed by atoms with Crippen molar-refractivity contribution in [3.05, 3.63) is 11.9 Å². The third kappa shape index (κ3) is 3.84. The smallest absolute Gasteiger partial charge is 0.221 e. The molecule has 0 bridgehead atoms. The highest BCUT2D eigenvalue weighted by Crippen LogP contribution is 2.28. The molecule has 1 aromatic rings. The molecule has 5 nitrogen and oxygen atoms in total. The summed E-state index contributed by atoms with van der Waals surface area (Å²) in [5, 5.41) is 3.25. The summed E-state index contributed by atoms with van der Waals surface area (Å²) >= 11 is 0. The van der Waals surface area contributed by atoms with E-state index in [1.165, 1.54) is 19.2 Å². The molecule has 1 aromatic heterocycles. The highest BCUT2D eigenvalue weighted by molar-refractivity contribution is 5.47. The van der Waals surface area contributed by atoms with Crippen molar-refractivity contribution < 1.29 is 9.47 Å². The molecular formula is C13H21N3O2. The van der Waals surface area contributed by atoms with Gasteiger partial charge in [0, 0.05) is 13.2 Å². The Morgan fingerprint density at radius 1 is 1.39 bits per heavy atom. The summed E-state index contributed by atoms with van der Waals surface area (Å²) in [4.78, 5) is 8.31.